The van der Waals surface area contributed by atoms with Gasteiger partial charge in [0.25, 0.3) is 0 Å². The molecule has 1 rings (SSSR count). The largest absolute Gasteiger partial charge is 0.330 e. The Labute approximate surface area is 72.8 Å². The Bertz CT molecular complexity index is 231. The van der Waals surface area contributed by atoms with E-state index in [0.29, 0.717) is 12.5 Å². The van der Waals surface area contributed by atoms with Crippen molar-refractivity contribution >= 4 is 0 Å². The smallest absolute Gasteiger partial charge is 0.138 e. The summed E-state index contributed by atoms with van der Waals surface area (Å²) in [4.78, 5) is 4.18. The SMILES string of the molecule is CCCC(CN)c1ncnn1C. The molecule has 0 bridgehead atoms. The number of nitrogens with two attached hydrogens (primary N) is 1. The molecule has 0 saturated carbocycles. The summed E-state index contributed by atoms with van der Waals surface area (Å²) in [6.07, 6.45) is 3.80. The Morgan fingerprint density at radius 1 is 1.67 bits per heavy atom. The monoisotopic (exact) mass is 168 g/mol. The third-order valence-electron chi connectivity index (χ3n) is 2.03. The molecule has 0 aliphatic rings. The van der Waals surface area contributed by atoms with Gasteiger partial charge in [-0.2, -0.15) is 5.10 Å². The van der Waals surface area contributed by atoms with E-state index in [0.717, 1.165) is 18.7 Å². The van der Waals surface area contributed by atoms with Gasteiger partial charge >= 0.3 is 0 Å². The molecule has 0 spiro atoms. The minimum absolute atomic E-state index is 0.363. The third-order valence-corrected chi connectivity index (χ3v) is 2.03. The number of nitrogens with zero attached hydrogens (tertiary/aromatic N) is 3. The maximum atomic E-state index is 5.64. The highest BCUT2D eigenvalue weighted by Crippen LogP contribution is 2.16. The lowest BCUT2D eigenvalue weighted by molar-refractivity contribution is 0.551. The first kappa shape index (κ1) is 9.19. The van der Waals surface area contributed by atoms with Gasteiger partial charge in [-0.15, -0.1) is 0 Å². The number of rotatable bonds is 4. The predicted molar refractivity (Wildman–Crippen MR) is 47.7 cm³/mol. The van der Waals surface area contributed by atoms with Crippen molar-refractivity contribution in [3.8, 4) is 0 Å². The zero-order valence-electron chi connectivity index (χ0n) is 7.70. The van der Waals surface area contributed by atoms with E-state index in [4.69, 9.17) is 5.73 Å². The van der Waals surface area contributed by atoms with Crippen LogP contribution in [0, 0.1) is 0 Å². The van der Waals surface area contributed by atoms with Crippen LogP contribution in [0.3, 0.4) is 0 Å². The molecule has 12 heavy (non-hydrogen) atoms. The summed E-state index contributed by atoms with van der Waals surface area (Å²) in [5.74, 6) is 1.36. The Hall–Kier alpha value is -0.900. The van der Waals surface area contributed by atoms with E-state index in [2.05, 4.69) is 17.0 Å². The third kappa shape index (κ3) is 1.82. The van der Waals surface area contributed by atoms with Crippen molar-refractivity contribution in [1.82, 2.24) is 14.8 Å². The maximum Gasteiger partial charge on any atom is 0.138 e. The molecule has 1 unspecified atom stereocenters. The lowest BCUT2D eigenvalue weighted by atomic mass is 10.0. The van der Waals surface area contributed by atoms with Gasteiger partial charge in [-0.25, -0.2) is 4.98 Å². The van der Waals surface area contributed by atoms with E-state index < -0.39 is 0 Å². The van der Waals surface area contributed by atoms with Crippen LogP contribution in [-0.4, -0.2) is 21.3 Å². The van der Waals surface area contributed by atoms with Gasteiger partial charge in [-0.3, -0.25) is 4.68 Å². The van der Waals surface area contributed by atoms with Crippen LogP contribution < -0.4 is 5.73 Å². The van der Waals surface area contributed by atoms with Crippen LogP contribution in [0.2, 0.25) is 0 Å². The quantitative estimate of drug-likeness (QED) is 0.718. The van der Waals surface area contributed by atoms with Gasteiger partial charge in [0.2, 0.25) is 0 Å². The normalized spacial score (nSPS) is 13.2. The van der Waals surface area contributed by atoms with Gasteiger partial charge in [0, 0.05) is 19.5 Å². The topological polar surface area (TPSA) is 56.7 Å². The minimum Gasteiger partial charge on any atom is -0.330 e. The average molecular weight is 168 g/mol. The van der Waals surface area contributed by atoms with Gasteiger partial charge < -0.3 is 5.73 Å². The summed E-state index contributed by atoms with van der Waals surface area (Å²) in [7, 11) is 1.90. The standard InChI is InChI=1S/C8H16N4/c1-3-4-7(5-9)8-10-6-11-12(8)2/h6-7H,3-5,9H2,1-2H3. The summed E-state index contributed by atoms with van der Waals surface area (Å²) in [6, 6.07) is 0. The van der Waals surface area contributed by atoms with E-state index in [-0.39, 0.29) is 0 Å². The molecular weight excluding hydrogens is 152 g/mol. The predicted octanol–water partition coefficient (Wildman–Crippen LogP) is 0.657. The second-order valence-electron chi connectivity index (χ2n) is 2.96. The molecule has 0 aliphatic carbocycles. The fourth-order valence-electron chi connectivity index (χ4n) is 1.38. The number of hydrogen-bond donors (Lipinski definition) is 1. The molecule has 0 amide bonds. The van der Waals surface area contributed by atoms with Crippen molar-refractivity contribution in [3.05, 3.63) is 12.2 Å². The van der Waals surface area contributed by atoms with Crippen molar-refractivity contribution in [2.24, 2.45) is 12.8 Å². The van der Waals surface area contributed by atoms with Gasteiger partial charge in [-0.1, -0.05) is 13.3 Å². The minimum atomic E-state index is 0.363. The van der Waals surface area contributed by atoms with Crippen molar-refractivity contribution in [3.63, 3.8) is 0 Å². The lowest BCUT2D eigenvalue weighted by Crippen LogP contribution is -2.16. The molecule has 4 nitrogen and oxygen atoms in total. The van der Waals surface area contributed by atoms with Crippen LogP contribution >= 0.6 is 0 Å². The molecule has 1 atom stereocenters. The molecule has 2 N–H and O–H groups in total. The Morgan fingerprint density at radius 2 is 2.42 bits per heavy atom. The summed E-state index contributed by atoms with van der Waals surface area (Å²) in [5, 5.41) is 4.02. The molecule has 1 aromatic rings. The molecule has 0 saturated heterocycles. The molecule has 0 aromatic carbocycles. The van der Waals surface area contributed by atoms with Crippen molar-refractivity contribution < 1.29 is 0 Å². The first-order valence-corrected chi connectivity index (χ1v) is 4.33. The van der Waals surface area contributed by atoms with Crippen molar-refractivity contribution in [1.29, 1.82) is 0 Å². The fourth-order valence-corrected chi connectivity index (χ4v) is 1.38. The first-order chi connectivity index (χ1) is 5.79. The molecule has 1 heterocycles. The zero-order valence-corrected chi connectivity index (χ0v) is 7.70. The van der Waals surface area contributed by atoms with E-state index in [9.17, 15) is 0 Å². The van der Waals surface area contributed by atoms with E-state index in [1.165, 1.54) is 0 Å². The molecular formula is C8H16N4. The highest BCUT2D eigenvalue weighted by atomic mass is 15.3. The highest BCUT2D eigenvalue weighted by molar-refractivity contribution is 4.95. The first-order valence-electron chi connectivity index (χ1n) is 4.33. The number of aromatic nitrogens is 3. The molecule has 4 heteroatoms. The van der Waals surface area contributed by atoms with Gasteiger partial charge in [0.15, 0.2) is 0 Å². The number of aryl methyl sites for hydroxylation is 1. The van der Waals surface area contributed by atoms with E-state index >= 15 is 0 Å². The van der Waals surface area contributed by atoms with Crippen molar-refractivity contribution in [2.45, 2.75) is 25.7 Å². The fraction of sp³-hybridized carbons (Fsp3) is 0.750. The number of hydrogen-bond acceptors (Lipinski definition) is 3. The summed E-state index contributed by atoms with van der Waals surface area (Å²) in [6.45, 7) is 2.80. The van der Waals surface area contributed by atoms with Crippen LogP contribution in [0.1, 0.15) is 31.5 Å². The second kappa shape index (κ2) is 4.21. The zero-order chi connectivity index (χ0) is 8.97. The van der Waals surface area contributed by atoms with Gasteiger partial charge in [0.05, 0.1) is 0 Å². The molecule has 1 aromatic heterocycles. The second-order valence-corrected chi connectivity index (χ2v) is 2.96. The van der Waals surface area contributed by atoms with Gasteiger partial charge in [0.1, 0.15) is 12.2 Å². The van der Waals surface area contributed by atoms with Crippen LogP contribution in [0.25, 0.3) is 0 Å². The van der Waals surface area contributed by atoms with Crippen LogP contribution in [0.5, 0.6) is 0 Å². The average Bonchev–Trinajstić information content (AvgIpc) is 2.47. The van der Waals surface area contributed by atoms with Crippen LogP contribution in [-0.2, 0) is 7.05 Å². The molecule has 68 valence electrons. The highest BCUT2D eigenvalue weighted by Gasteiger charge is 2.13. The maximum absolute atomic E-state index is 5.64. The Kier molecular flexibility index (Phi) is 3.22. The summed E-state index contributed by atoms with van der Waals surface area (Å²) in [5.41, 5.74) is 5.64. The van der Waals surface area contributed by atoms with Crippen LogP contribution in [0.15, 0.2) is 6.33 Å². The molecule has 0 radical (unpaired) electrons. The van der Waals surface area contributed by atoms with Crippen molar-refractivity contribution in [2.75, 3.05) is 6.54 Å². The van der Waals surface area contributed by atoms with E-state index in [1.54, 1.807) is 11.0 Å². The molecule has 0 fully saturated rings. The summed E-state index contributed by atoms with van der Waals surface area (Å²) < 4.78 is 1.80. The summed E-state index contributed by atoms with van der Waals surface area (Å²) >= 11 is 0. The Balaban J connectivity index is 2.72. The molecule has 0 aliphatic heterocycles. The Morgan fingerprint density at radius 3 is 2.83 bits per heavy atom. The van der Waals surface area contributed by atoms with Crippen LogP contribution in [0.4, 0.5) is 0 Å². The van der Waals surface area contributed by atoms with E-state index in [1.807, 2.05) is 7.05 Å². The van der Waals surface area contributed by atoms with Gasteiger partial charge in [-0.05, 0) is 6.42 Å². The lowest BCUT2D eigenvalue weighted by Gasteiger charge is -2.11.